The number of benzene rings is 1. The normalized spacial score (nSPS) is 17.4. The second kappa shape index (κ2) is 5.45. The van der Waals surface area contributed by atoms with Crippen molar-refractivity contribution in [1.29, 1.82) is 0 Å². The molecule has 0 fully saturated rings. The van der Waals surface area contributed by atoms with Gasteiger partial charge in [0.15, 0.2) is 15.9 Å². The SMILES string of the molecule is Nc1nc2c(nc(Br)n2C2CCCc3cccc(Br)c32)c(=O)[nH]1. The molecule has 8 heteroatoms. The molecule has 0 saturated heterocycles. The summed E-state index contributed by atoms with van der Waals surface area (Å²) in [6.45, 7) is 0. The van der Waals surface area contributed by atoms with Crippen molar-refractivity contribution >= 4 is 49.0 Å². The van der Waals surface area contributed by atoms with Crippen LogP contribution in [0.2, 0.25) is 0 Å². The molecule has 2 aromatic heterocycles. The lowest BCUT2D eigenvalue weighted by molar-refractivity contribution is 0.488. The van der Waals surface area contributed by atoms with Gasteiger partial charge in [-0.15, -0.1) is 0 Å². The highest BCUT2D eigenvalue weighted by Crippen LogP contribution is 2.40. The van der Waals surface area contributed by atoms with Gasteiger partial charge in [0.25, 0.3) is 5.56 Å². The molecule has 1 aliphatic rings. The quantitative estimate of drug-likeness (QED) is 0.571. The van der Waals surface area contributed by atoms with Gasteiger partial charge in [-0.25, -0.2) is 4.98 Å². The molecule has 0 amide bonds. The van der Waals surface area contributed by atoms with Crippen molar-refractivity contribution < 1.29 is 0 Å². The molecule has 0 bridgehead atoms. The first kappa shape index (κ1) is 14.9. The van der Waals surface area contributed by atoms with E-state index < -0.39 is 0 Å². The Hall–Kier alpha value is -1.67. The van der Waals surface area contributed by atoms with Crippen molar-refractivity contribution in [3.8, 4) is 0 Å². The molecule has 2 heterocycles. The lowest BCUT2D eigenvalue weighted by atomic mass is 9.87. The van der Waals surface area contributed by atoms with Crippen LogP contribution in [0.3, 0.4) is 0 Å². The second-order valence-corrected chi connectivity index (χ2v) is 7.16. The molecule has 23 heavy (non-hydrogen) atoms. The Morgan fingerprint density at radius 3 is 2.96 bits per heavy atom. The Morgan fingerprint density at radius 1 is 1.30 bits per heavy atom. The minimum Gasteiger partial charge on any atom is -0.369 e. The zero-order valence-electron chi connectivity index (χ0n) is 12.0. The van der Waals surface area contributed by atoms with Gasteiger partial charge in [0.1, 0.15) is 0 Å². The van der Waals surface area contributed by atoms with Crippen molar-refractivity contribution in [3.05, 3.63) is 48.9 Å². The number of hydrogen-bond acceptors (Lipinski definition) is 4. The van der Waals surface area contributed by atoms with Gasteiger partial charge < -0.3 is 5.73 Å². The predicted octanol–water partition coefficient (Wildman–Crippen LogP) is 3.15. The third-order valence-corrected chi connectivity index (χ3v) is 5.49. The van der Waals surface area contributed by atoms with E-state index in [0.717, 1.165) is 23.7 Å². The molecular weight excluding hydrogens is 426 g/mol. The molecule has 0 spiro atoms. The van der Waals surface area contributed by atoms with Gasteiger partial charge in [0, 0.05) is 4.47 Å². The lowest BCUT2D eigenvalue weighted by Gasteiger charge is -2.28. The van der Waals surface area contributed by atoms with Crippen LogP contribution < -0.4 is 11.3 Å². The number of imidazole rings is 1. The number of anilines is 1. The topological polar surface area (TPSA) is 89.6 Å². The monoisotopic (exact) mass is 437 g/mol. The van der Waals surface area contributed by atoms with E-state index in [-0.39, 0.29) is 17.5 Å². The number of nitrogens with two attached hydrogens (primary N) is 1. The predicted molar refractivity (Wildman–Crippen MR) is 95.5 cm³/mol. The maximum atomic E-state index is 12.1. The maximum Gasteiger partial charge on any atom is 0.280 e. The zero-order chi connectivity index (χ0) is 16.1. The number of aromatic amines is 1. The fraction of sp³-hybridized carbons (Fsp3) is 0.267. The van der Waals surface area contributed by atoms with Crippen LogP contribution in [0.4, 0.5) is 5.95 Å². The number of nitrogen functional groups attached to an aromatic ring is 1. The summed E-state index contributed by atoms with van der Waals surface area (Å²) >= 11 is 7.15. The van der Waals surface area contributed by atoms with Crippen LogP contribution in [0.5, 0.6) is 0 Å². The second-order valence-electron chi connectivity index (χ2n) is 5.59. The first-order chi connectivity index (χ1) is 11.1. The molecular formula is C15H13Br2N5O. The highest BCUT2D eigenvalue weighted by molar-refractivity contribution is 9.10. The van der Waals surface area contributed by atoms with Crippen molar-refractivity contribution in [2.24, 2.45) is 0 Å². The van der Waals surface area contributed by atoms with Crippen LogP contribution in [0, 0.1) is 0 Å². The molecule has 0 aliphatic heterocycles. The minimum absolute atomic E-state index is 0.0578. The molecule has 1 aromatic carbocycles. The van der Waals surface area contributed by atoms with Gasteiger partial charge in [-0.2, -0.15) is 4.98 Å². The number of aromatic nitrogens is 4. The first-order valence-corrected chi connectivity index (χ1v) is 8.85. The molecule has 0 radical (unpaired) electrons. The Labute approximate surface area is 148 Å². The van der Waals surface area contributed by atoms with Crippen molar-refractivity contribution in [3.63, 3.8) is 0 Å². The number of halogens is 2. The number of H-pyrrole nitrogens is 1. The Balaban J connectivity index is 2.02. The fourth-order valence-corrected chi connectivity index (χ4v) is 4.58. The summed E-state index contributed by atoms with van der Waals surface area (Å²) in [6.07, 6.45) is 3.07. The Bertz CT molecular complexity index is 978. The van der Waals surface area contributed by atoms with Crippen molar-refractivity contribution in [1.82, 2.24) is 19.5 Å². The van der Waals surface area contributed by atoms with Crippen molar-refractivity contribution in [2.75, 3.05) is 5.73 Å². The number of aryl methyl sites for hydroxylation is 1. The number of fused-ring (bicyclic) bond motifs is 2. The largest absolute Gasteiger partial charge is 0.369 e. The van der Waals surface area contributed by atoms with Crippen molar-refractivity contribution in [2.45, 2.75) is 25.3 Å². The van der Waals surface area contributed by atoms with E-state index in [9.17, 15) is 4.79 Å². The molecule has 1 unspecified atom stereocenters. The minimum atomic E-state index is -0.324. The van der Waals surface area contributed by atoms with E-state index in [4.69, 9.17) is 5.73 Å². The standard InChI is InChI=1S/C15H13Br2N5O/c16-8-5-1-3-7-4-2-6-9(10(7)8)22-12-11(19-14(22)17)13(23)21-15(18)20-12/h1,3,5,9H,2,4,6H2,(H3,18,20,21,23). The molecule has 3 N–H and O–H groups in total. The number of nitrogens with one attached hydrogen (secondary N) is 1. The van der Waals surface area contributed by atoms with Gasteiger partial charge in [-0.05, 0) is 52.4 Å². The van der Waals surface area contributed by atoms with E-state index in [1.807, 2.05) is 16.7 Å². The van der Waals surface area contributed by atoms with Gasteiger partial charge in [-0.3, -0.25) is 14.3 Å². The Morgan fingerprint density at radius 2 is 2.13 bits per heavy atom. The van der Waals surface area contributed by atoms with E-state index in [2.05, 4.69) is 52.9 Å². The van der Waals surface area contributed by atoms with Crippen LogP contribution in [0.15, 0.2) is 32.2 Å². The van der Waals surface area contributed by atoms with Crippen LogP contribution in [0.1, 0.15) is 30.0 Å². The number of nitrogens with zero attached hydrogens (tertiary/aromatic N) is 3. The summed E-state index contributed by atoms with van der Waals surface area (Å²) in [4.78, 5) is 23.2. The highest BCUT2D eigenvalue weighted by Gasteiger charge is 2.28. The van der Waals surface area contributed by atoms with E-state index >= 15 is 0 Å². The van der Waals surface area contributed by atoms with E-state index in [1.165, 1.54) is 11.1 Å². The van der Waals surface area contributed by atoms with E-state index in [1.54, 1.807) is 0 Å². The number of rotatable bonds is 1. The molecule has 0 saturated carbocycles. The van der Waals surface area contributed by atoms with Gasteiger partial charge in [-0.1, -0.05) is 28.1 Å². The average molecular weight is 439 g/mol. The van der Waals surface area contributed by atoms with Crippen LogP contribution in [0.25, 0.3) is 11.2 Å². The number of hydrogen-bond donors (Lipinski definition) is 2. The zero-order valence-corrected chi connectivity index (χ0v) is 15.2. The summed E-state index contributed by atoms with van der Waals surface area (Å²) < 4.78 is 3.61. The maximum absolute atomic E-state index is 12.1. The average Bonchev–Trinajstić information content (AvgIpc) is 2.83. The fourth-order valence-electron chi connectivity index (χ4n) is 3.31. The summed E-state index contributed by atoms with van der Waals surface area (Å²) in [7, 11) is 0. The molecule has 6 nitrogen and oxygen atoms in total. The van der Waals surface area contributed by atoms with E-state index in [0.29, 0.717) is 15.9 Å². The molecule has 1 atom stereocenters. The molecule has 118 valence electrons. The summed E-state index contributed by atoms with van der Waals surface area (Å²) in [6, 6.07) is 6.29. The highest BCUT2D eigenvalue weighted by atomic mass is 79.9. The summed E-state index contributed by atoms with van der Waals surface area (Å²) in [5.41, 5.74) is 8.73. The smallest absolute Gasteiger partial charge is 0.280 e. The van der Waals surface area contributed by atoms with Gasteiger partial charge in [0.05, 0.1) is 6.04 Å². The lowest BCUT2D eigenvalue weighted by Crippen LogP contribution is -2.19. The van der Waals surface area contributed by atoms with Crippen LogP contribution in [-0.4, -0.2) is 19.5 Å². The Kier molecular flexibility index (Phi) is 3.53. The molecule has 3 aromatic rings. The third kappa shape index (κ3) is 2.31. The van der Waals surface area contributed by atoms with Gasteiger partial charge in [0.2, 0.25) is 5.95 Å². The van der Waals surface area contributed by atoms with Gasteiger partial charge >= 0.3 is 0 Å². The first-order valence-electron chi connectivity index (χ1n) is 7.27. The summed E-state index contributed by atoms with van der Waals surface area (Å²) in [5, 5.41) is 0. The molecule has 1 aliphatic carbocycles. The molecule has 4 rings (SSSR count). The van der Waals surface area contributed by atoms with Crippen LogP contribution in [-0.2, 0) is 6.42 Å². The van der Waals surface area contributed by atoms with Crippen LogP contribution >= 0.6 is 31.9 Å². The summed E-state index contributed by atoms with van der Waals surface area (Å²) in [5.74, 6) is 0.0966. The third-order valence-electron chi connectivity index (χ3n) is 4.24.